The molecule has 1 aromatic rings. The molecule has 4 heteroatoms. The first kappa shape index (κ1) is 15.3. The van der Waals surface area contributed by atoms with Gasteiger partial charge in [-0.2, -0.15) is 0 Å². The zero-order valence-electron chi connectivity index (χ0n) is 11.8. The Morgan fingerprint density at radius 3 is 2.75 bits per heavy atom. The summed E-state index contributed by atoms with van der Waals surface area (Å²) >= 11 is 5.85. The number of nitrogens with one attached hydrogen (secondary N) is 1. The highest BCUT2D eigenvalue weighted by molar-refractivity contribution is 6.30. The van der Waals surface area contributed by atoms with Gasteiger partial charge in [0, 0.05) is 23.5 Å². The van der Waals surface area contributed by atoms with Crippen molar-refractivity contribution < 1.29 is 4.79 Å². The van der Waals surface area contributed by atoms with Crippen LogP contribution in [0.4, 0.5) is 0 Å². The van der Waals surface area contributed by atoms with E-state index in [9.17, 15) is 4.79 Å². The Kier molecular flexibility index (Phi) is 5.86. The number of amides is 1. The van der Waals surface area contributed by atoms with Gasteiger partial charge in [0.15, 0.2) is 0 Å². The Morgan fingerprint density at radius 1 is 1.30 bits per heavy atom. The first-order valence-electron chi connectivity index (χ1n) is 7.43. The van der Waals surface area contributed by atoms with Crippen molar-refractivity contribution in [2.24, 2.45) is 11.7 Å². The van der Waals surface area contributed by atoms with Crippen LogP contribution in [0.15, 0.2) is 24.3 Å². The van der Waals surface area contributed by atoms with Crippen molar-refractivity contribution in [3.63, 3.8) is 0 Å². The number of rotatable bonds is 5. The Hall–Kier alpha value is -1.06. The molecule has 0 bridgehead atoms. The van der Waals surface area contributed by atoms with E-state index >= 15 is 0 Å². The second kappa shape index (κ2) is 7.65. The van der Waals surface area contributed by atoms with Crippen LogP contribution in [0.3, 0.4) is 0 Å². The molecule has 0 aliphatic heterocycles. The van der Waals surface area contributed by atoms with Crippen LogP contribution in [0.2, 0.25) is 5.02 Å². The van der Waals surface area contributed by atoms with Gasteiger partial charge >= 0.3 is 0 Å². The molecule has 2 rings (SSSR count). The fourth-order valence-corrected chi connectivity index (χ4v) is 2.89. The van der Waals surface area contributed by atoms with Crippen molar-refractivity contribution in [3.05, 3.63) is 34.9 Å². The van der Waals surface area contributed by atoms with Gasteiger partial charge in [-0.3, -0.25) is 4.79 Å². The normalized spacial score (nSPS) is 22.5. The molecule has 0 heterocycles. The molecule has 3 N–H and O–H groups in total. The maximum atomic E-state index is 12.0. The van der Waals surface area contributed by atoms with Crippen molar-refractivity contribution in [1.29, 1.82) is 0 Å². The fourth-order valence-electron chi connectivity index (χ4n) is 2.77. The van der Waals surface area contributed by atoms with Crippen molar-refractivity contribution in [1.82, 2.24) is 5.32 Å². The van der Waals surface area contributed by atoms with Gasteiger partial charge in [-0.15, -0.1) is 0 Å². The lowest BCUT2D eigenvalue weighted by Crippen LogP contribution is -2.38. The summed E-state index contributed by atoms with van der Waals surface area (Å²) in [6.07, 6.45) is 5.86. The summed E-state index contributed by atoms with van der Waals surface area (Å²) in [6, 6.07) is 8.07. The summed E-state index contributed by atoms with van der Waals surface area (Å²) in [5, 5.41) is 3.79. The molecule has 1 amide bonds. The molecular formula is C16H23ClN2O. The van der Waals surface area contributed by atoms with E-state index in [2.05, 4.69) is 5.32 Å². The Morgan fingerprint density at radius 2 is 2.05 bits per heavy atom. The van der Waals surface area contributed by atoms with E-state index in [1.54, 1.807) is 0 Å². The second-order valence-corrected chi connectivity index (χ2v) is 6.08. The van der Waals surface area contributed by atoms with E-state index < -0.39 is 0 Å². The van der Waals surface area contributed by atoms with E-state index in [-0.39, 0.29) is 17.9 Å². The van der Waals surface area contributed by atoms with Crippen LogP contribution in [0, 0.1) is 5.92 Å². The SMILES string of the molecule is NC1CCCC(C(=O)NCCCc2ccc(Cl)cc2)C1. The van der Waals surface area contributed by atoms with E-state index in [0.29, 0.717) is 0 Å². The summed E-state index contributed by atoms with van der Waals surface area (Å²) in [5.41, 5.74) is 7.17. The quantitative estimate of drug-likeness (QED) is 0.821. The molecule has 1 saturated carbocycles. The number of halogens is 1. The van der Waals surface area contributed by atoms with Gasteiger partial charge in [0.1, 0.15) is 0 Å². The van der Waals surface area contributed by atoms with Crippen LogP contribution in [-0.4, -0.2) is 18.5 Å². The average molecular weight is 295 g/mol. The van der Waals surface area contributed by atoms with Crippen molar-refractivity contribution >= 4 is 17.5 Å². The number of hydrogen-bond acceptors (Lipinski definition) is 2. The lowest BCUT2D eigenvalue weighted by atomic mass is 9.85. The minimum Gasteiger partial charge on any atom is -0.356 e. The van der Waals surface area contributed by atoms with Crippen LogP contribution >= 0.6 is 11.6 Å². The third-order valence-corrected chi connectivity index (χ3v) is 4.19. The van der Waals surface area contributed by atoms with Crippen molar-refractivity contribution in [2.45, 2.75) is 44.6 Å². The number of carbonyl (C=O) groups is 1. The van der Waals surface area contributed by atoms with Gasteiger partial charge in [0.25, 0.3) is 0 Å². The van der Waals surface area contributed by atoms with Crippen LogP contribution < -0.4 is 11.1 Å². The van der Waals surface area contributed by atoms with E-state index in [0.717, 1.165) is 50.1 Å². The fraction of sp³-hybridized carbons (Fsp3) is 0.562. The highest BCUT2D eigenvalue weighted by Crippen LogP contribution is 2.23. The first-order chi connectivity index (χ1) is 9.65. The second-order valence-electron chi connectivity index (χ2n) is 5.64. The lowest BCUT2D eigenvalue weighted by Gasteiger charge is -2.25. The third kappa shape index (κ3) is 4.80. The van der Waals surface area contributed by atoms with Crippen LogP contribution in [0.5, 0.6) is 0 Å². The molecule has 0 radical (unpaired) electrons. The molecule has 2 unspecified atom stereocenters. The summed E-state index contributed by atoms with van der Waals surface area (Å²) in [6.45, 7) is 0.729. The molecule has 1 fully saturated rings. The minimum atomic E-state index is 0.120. The zero-order valence-corrected chi connectivity index (χ0v) is 12.5. The monoisotopic (exact) mass is 294 g/mol. The molecule has 110 valence electrons. The smallest absolute Gasteiger partial charge is 0.223 e. The molecule has 0 spiro atoms. The maximum absolute atomic E-state index is 12.0. The number of hydrogen-bond donors (Lipinski definition) is 2. The van der Waals surface area contributed by atoms with Crippen molar-refractivity contribution in [3.8, 4) is 0 Å². The van der Waals surface area contributed by atoms with Gasteiger partial charge in [-0.1, -0.05) is 30.2 Å². The molecule has 1 aromatic carbocycles. The van der Waals surface area contributed by atoms with Crippen LogP contribution in [-0.2, 0) is 11.2 Å². The van der Waals surface area contributed by atoms with Gasteiger partial charge in [-0.05, 0) is 49.8 Å². The number of benzene rings is 1. The Balaban J connectivity index is 1.65. The molecule has 2 atom stereocenters. The van der Waals surface area contributed by atoms with Gasteiger partial charge < -0.3 is 11.1 Å². The number of carbonyl (C=O) groups excluding carboxylic acids is 1. The standard InChI is InChI=1S/C16H23ClN2O/c17-14-8-6-12(7-9-14)3-2-10-19-16(20)13-4-1-5-15(18)11-13/h6-9,13,15H,1-5,10-11,18H2,(H,19,20). The topological polar surface area (TPSA) is 55.1 Å². The summed E-state index contributed by atoms with van der Waals surface area (Å²) in [7, 11) is 0. The third-order valence-electron chi connectivity index (χ3n) is 3.94. The van der Waals surface area contributed by atoms with E-state index in [1.165, 1.54) is 5.56 Å². The van der Waals surface area contributed by atoms with Gasteiger partial charge in [0.05, 0.1) is 0 Å². The minimum absolute atomic E-state index is 0.120. The summed E-state index contributed by atoms with van der Waals surface area (Å²) in [5.74, 6) is 0.297. The molecule has 1 aliphatic rings. The largest absolute Gasteiger partial charge is 0.356 e. The molecule has 1 aliphatic carbocycles. The summed E-state index contributed by atoms with van der Waals surface area (Å²) < 4.78 is 0. The zero-order chi connectivity index (χ0) is 14.4. The summed E-state index contributed by atoms with van der Waals surface area (Å²) in [4.78, 5) is 12.0. The van der Waals surface area contributed by atoms with Crippen LogP contribution in [0.1, 0.15) is 37.7 Å². The molecular weight excluding hydrogens is 272 g/mol. The number of nitrogens with two attached hydrogens (primary N) is 1. The molecule has 0 saturated heterocycles. The van der Waals surface area contributed by atoms with E-state index in [4.69, 9.17) is 17.3 Å². The molecule has 0 aromatic heterocycles. The number of aryl methyl sites for hydroxylation is 1. The predicted molar refractivity (Wildman–Crippen MR) is 82.7 cm³/mol. The van der Waals surface area contributed by atoms with Crippen LogP contribution in [0.25, 0.3) is 0 Å². The van der Waals surface area contributed by atoms with Gasteiger partial charge in [-0.25, -0.2) is 0 Å². The first-order valence-corrected chi connectivity index (χ1v) is 7.80. The molecule has 3 nitrogen and oxygen atoms in total. The van der Waals surface area contributed by atoms with Crippen molar-refractivity contribution in [2.75, 3.05) is 6.54 Å². The van der Waals surface area contributed by atoms with Gasteiger partial charge in [0.2, 0.25) is 5.91 Å². The lowest BCUT2D eigenvalue weighted by molar-refractivity contribution is -0.126. The maximum Gasteiger partial charge on any atom is 0.223 e. The average Bonchev–Trinajstić information content (AvgIpc) is 2.45. The Bertz CT molecular complexity index is 433. The highest BCUT2D eigenvalue weighted by Gasteiger charge is 2.24. The predicted octanol–water partition coefficient (Wildman–Crippen LogP) is 2.91. The van der Waals surface area contributed by atoms with E-state index in [1.807, 2.05) is 24.3 Å². The highest BCUT2D eigenvalue weighted by atomic mass is 35.5. The Labute approximate surface area is 125 Å². The molecule has 20 heavy (non-hydrogen) atoms.